The number of fused-ring (bicyclic) bond motifs is 1. The van der Waals surface area contributed by atoms with Crippen LogP contribution in [-0.4, -0.2) is 63.6 Å². The van der Waals surface area contributed by atoms with E-state index in [1.165, 1.54) is 5.56 Å². The van der Waals surface area contributed by atoms with Crippen molar-refractivity contribution in [3.63, 3.8) is 0 Å². The molecule has 3 aromatic rings. The van der Waals surface area contributed by atoms with Gasteiger partial charge in [0.25, 0.3) is 0 Å². The van der Waals surface area contributed by atoms with E-state index in [0.29, 0.717) is 5.71 Å². The summed E-state index contributed by atoms with van der Waals surface area (Å²) in [7, 11) is 0. The number of benzene rings is 1. The molecule has 162 valence electrons. The van der Waals surface area contributed by atoms with Crippen LogP contribution < -0.4 is 16.5 Å². The van der Waals surface area contributed by atoms with Gasteiger partial charge in [0.1, 0.15) is 17.6 Å². The number of nitrogens with one attached hydrogen (secondary N) is 2. The van der Waals surface area contributed by atoms with Gasteiger partial charge in [-0.15, -0.1) is 0 Å². The summed E-state index contributed by atoms with van der Waals surface area (Å²) in [6.07, 6.45) is 5.26. The smallest absolute Gasteiger partial charge is 0.158 e. The Labute approximate surface area is 182 Å². The molecular weight excluding hydrogens is 390 g/mol. The van der Waals surface area contributed by atoms with Crippen LogP contribution >= 0.6 is 0 Å². The minimum atomic E-state index is 0.177. The second kappa shape index (κ2) is 9.67. The van der Waals surface area contributed by atoms with Crippen LogP contribution in [0.1, 0.15) is 25.0 Å². The van der Waals surface area contributed by atoms with Crippen LogP contribution in [0, 0.1) is 0 Å². The van der Waals surface area contributed by atoms with E-state index in [1.54, 1.807) is 12.5 Å². The maximum Gasteiger partial charge on any atom is 0.158 e. The van der Waals surface area contributed by atoms with E-state index in [4.69, 9.17) is 5.84 Å². The van der Waals surface area contributed by atoms with Crippen molar-refractivity contribution in [1.29, 1.82) is 0 Å². The van der Waals surface area contributed by atoms with Gasteiger partial charge in [0, 0.05) is 62.4 Å². The van der Waals surface area contributed by atoms with Crippen LogP contribution in [0.25, 0.3) is 5.52 Å². The highest BCUT2D eigenvalue weighted by atomic mass is 15.3. The third kappa shape index (κ3) is 5.07. The Morgan fingerprint density at radius 3 is 2.90 bits per heavy atom. The summed E-state index contributed by atoms with van der Waals surface area (Å²) in [5.74, 6) is 6.37. The predicted octanol–water partition coefficient (Wildman–Crippen LogP) is 2.02. The Kier molecular flexibility index (Phi) is 6.54. The molecule has 4 rings (SSSR count). The minimum Gasteiger partial charge on any atom is -0.338 e. The van der Waals surface area contributed by atoms with Crippen molar-refractivity contribution in [2.75, 3.05) is 31.5 Å². The molecule has 0 spiro atoms. The number of aliphatic imine (C=N–C) groups is 1. The number of hydrogen-bond acceptors (Lipinski definition) is 8. The van der Waals surface area contributed by atoms with E-state index in [0.717, 1.165) is 55.3 Å². The zero-order valence-electron chi connectivity index (χ0n) is 18.0. The minimum absolute atomic E-state index is 0.177. The number of nitrogens with two attached hydrogens (primary N) is 1. The molecule has 2 aromatic heterocycles. The van der Waals surface area contributed by atoms with Crippen molar-refractivity contribution < 1.29 is 0 Å². The van der Waals surface area contributed by atoms with Gasteiger partial charge in [-0.2, -0.15) is 10.2 Å². The van der Waals surface area contributed by atoms with Gasteiger partial charge in [-0.3, -0.25) is 9.89 Å². The average molecular weight is 420 g/mol. The highest BCUT2D eigenvalue weighted by Crippen LogP contribution is 2.24. The van der Waals surface area contributed by atoms with Crippen molar-refractivity contribution in [2.24, 2.45) is 15.9 Å². The fourth-order valence-electron chi connectivity index (χ4n) is 3.64. The average Bonchev–Trinajstić information content (AvgIpc) is 3.19. The molecule has 0 aliphatic carbocycles. The standard InChI is InChI=1S/C22H29N9/c1-16(2)25-13-20(29-23)17-4-3-5-19(12-17)28-22-21-18(6-9-31(21)27-15-26-22)14-30-10-7-24-8-11-30/h3-6,9,12-13,15-16,24H,7-8,10-11,14,23H2,1-2H3,(H,26,27,28). The zero-order valence-corrected chi connectivity index (χ0v) is 18.0. The second-order valence-electron chi connectivity index (χ2n) is 7.86. The maximum absolute atomic E-state index is 5.61. The SMILES string of the molecule is CC(C)N=CC(=NN)c1cccc(Nc2ncnn3ccc(CN4CCNCC4)c23)c1. The number of rotatable bonds is 7. The predicted molar refractivity (Wildman–Crippen MR) is 125 cm³/mol. The Morgan fingerprint density at radius 2 is 2.13 bits per heavy atom. The second-order valence-corrected chi connectivity index (χ2v) is 7.86. The lowest BCUT2D eigenvalue weighted by atomic mass is 10.1. The fourth-order valence-corrected chi connectivity index (χ4v) is 3.64. The summed E-state index contributed by atoms with van der Waals surface area (Å²) in [6, 6.07) is 10.2. The van der Waals surface area contributed by atoms with Crippen molar-refractivity contribution in [3.05, 3.63) is 54.0 Å². The largest absolute Gasteiger partial charge is 0.338 e. The summed E-state index contributed by atoms with van der Waals surface area (Å²) in [6.45, 7) is 9.01. The molecular formula is C22H29N9. The normalized spacial score (nSPS) is 15.9. The zero-order chi connectivity index (χ0) is 21.6. The van der Waals surface area contributed by atoms with E-state index >= 15 is 0 Å². The molecule has 0 atom stereocenters. The number of nitrogens with zero attached hydrogens (tertiary/aromatic N) is 6. The van der Waals surface area contributed by atoms with Gasteiger partial charge in [0.05, 0.1) is 0 Å². The number of aromatic nitrogens is 3. The van der Waals surface area contributed by atoms with Gasteiger partial charge >= 0.3 is 0 Å². The molecule has 0 amide bonds. The van der Waals surface area contributed by atoms with Crippen molar-refractivity contribution >= 4 is 28.9 Å². The van der Waals surface area contributed by atoms with Crippen LogP contribution in [-0.2, 0) is 6.54 Å². The van der Waals surface area contributed by atoms with Crippen molar-refractivity contribution in [3.8, 4) is 0 Å². The molecule has 1 aliphatic heterocycles. The summed E-state index contributed by atoms with van der Waals surface area (Å²) < 4.78 is 1.87. The lowest BCUT2D eigenvalue weighted by molar-refractivity contribution is 0.234. The van der Waals surface area contributed by atoms with Crippen LogP contribution in [0.5, 0.6) is 0 Å². The summed E-state index contributed by atoms with van der Waals surface area (Å²) in [5.41, 5.74) is 4.60. The summed E-state index contributed by atoms with van der Waals surface area (Å²) in [4.78, 5) is 11.4. The highest BCUT2D eigenvalue weighted by Gasteiger charge is 2.16. The first-order valence-corrected chi connectivity index (χ1v) is 10.6. The number of hydrazone groups is 1. The molecule has 0 radical (unpaired) electrons. The number of hydrogen-bond donors (Lipinski definition) is 3. The van der Waals surface area contributed by atoms with Gasteiger partial charge in [-0.25, -0.2) is 9.50 Å². The third-order valence-electron chi connectivity index (χ3n) is 5.20. The molecule has 9 heteroatoms. The lowest BCUT2D eigenvalue weighted by Crippen LogP contribution is -2.42. The Hall–Kier alpha value is -3.30. The van der Waals surface area contributed by atoms with Gasteiger partial charge in [-0.05, 0) is 37.6 Å². The van der Waals surface area contributed by atoms with E-state index in [9.17, 15) is 0 Å². The molecule has 0 bridgehead atoms. The molecule has 0 unspecified atom stereocenters. The van der Waals surface area contributed by atoms with E-state index in [1.807, 2.05) is 48.8 Å². The molecule has 1 aliphatic rings. The lowest BCUT2D eigenvalue weighted by Gasteiger charge is -2.27. The Morgan fingerprint density at radius 1 is 1.29 bits per heavy atom. The van der Waals surface area contributed by atoms with Crippen molar-refractivity contribution in [1.82, 2.24) is 24.8 Å². The molecule has 1 saturated heterocycles. The van der Waals surface area contributed by atoms with Crippen LogP contribution in [0.15, 0.2) is 52.9 Å². The van der Waals surface area contributed by atoms with Crippen LogP contribution in [0.2, 0.25) is 0 Å². The van der Waals surface area contributed by atoms with Crippen molar-refractivity contribution in [2.45, 2.75) is 26.4 Å². The first-order chi connectivity index (χ1) is 15.1. The number of piperazine rings is 1. The molecule has 0 saturated carbocycles. The van der Waals surface area contributed by atoms with Gasteiger partial charge in [0.2, 0.25) is 0 Å². The van der Waals surface area contributed by atoms with Gasteiger partial charge in [-0.1, -0.05) is 12.1 Å². The van der Waals surface area contributed by atoms with Gasteiger partial charge < -0.3 is 16.5 Å². The topological polar surface area (TPSA) is 108 Å². The molecule has 9 nitrogen and oxygen atoms in total. The third-order valence-corrected chi connectivity index (χ3v) is 5.20. The number of anilines is 2. The molecule has 3 heterocycles. The quantitative estimate of drug-likeness (QED) is 0.307. The summed E-state index contributed by atoms with van der Waals surface area (Å²) >= 11 is 0. The highest BCUT2D eigenvalue weighted by molar-refractivity contribution is 6.38. The van der Waals surface area contributed by atoms with Crippen LogP contribution in [0.4, 0.5) is 11.5 Å². The monoisotopic (exact) mass is 419 g/mol. The fraction of sp³-hybridized carbons (Fsp3) is 0.364. The maximum atomic E-state index is 5.61. The van der Waals surface area contributed by atoms with E-state index in [-0.39, 0.29) is 6.04 Å². The molecule has 31 heavy (non-hydrogen) atoms. The van der Waals surface area contributed by atoms with Crippen LogP contribution in [0.3, 0.4) is 0 Å². The first kappa shape index (κ1) is 21.0. The summed E-state index contributed by atoms with van der Waals surface area (Å²) in [5, 5.41) is 15.1. The van der Waals surface area contributed by atoms with E-state index < -0.39 is 0 Å². The first-order valence-electron chi connectivity index (χ1n) is 10.6. The Balaban J connectivity index is 1.61. The molecule has 4 N–H and O–H groups in total. The molecule has 1 aromatic carbocycles. The Bertz CT molecular complexity index is 1080. The van der Waals surface area contributed by atoms with Gasteiger partial charge in [0.15, 0.2) is 5.82 Å². The molecule has 1 fully saturated rings. The van der Waals surface area contributed by atoms with E-state index in [2.05, 4.69) is 41.8 Å².